The third-order valence-electron chi connectivity index (χ3n) is 2.32. The second-order valence-electron chi connectivity index (χ2n) is 3.56. The first kappa shape index (κ1) is 13.6. The highest BCUT2D eigenvalue weighted by Crippen LogP contribution is 2.22. The zero-order valence-electron chi connectivity index (χ0n) is 8.79. The maximum absolute atomic E-state index is 11.4. The first-order chi connectivity index (χ1) is 7.33. The number of hydrogen-bond donors (Lipinski definition) is 3. The molecule has 0 aromatic rings. The largest absolute Gasteiger partial charge is 0.453 e. The average Bonchev–Trinajstić information content (AvgIpc) is 2.54. The molecule has 0 aromatic heterocycles. The van der Waals surface area contributed by atoms with Crippen molar-refractivity contribution < 1.29 is 17.9 Å². The van der Waals surface area contributed by atoms with Crippen LogP contribution in [0.5, 0.6) is 0 Å². The van der Waals surface area contributed by atoms with Gasteiger partial charge in [-0.15, -0.1) is 0 Å². The Morgan fingerprint density at radius 3 is 2.81 bits per heavy atom. The number of likely N-dealkylation sites (tertiary alicyclic amines) is 1. The standard InChI is InChI=1S/C7H15N3O4S2/c1-14-7(11)10-4-6(15)2-5(10)3-9-16(8,12)13/h5-6,9,15H,2-4H2,1H3,(H2,8,12,13)/t5-,6-/m0/s1. The van der Waals surface area contributed by atoms with Crippen molar-refractivity contribution in [3.8, 4) is 0 Å². The van der Waals surface area contributed by atoms with Crippen LogP contribution < -0.4 is 9.86 Å². The van der Waals surface area contributed by atoms with Crippen molar-refractivity contribution in [2.45, 2.75) is 17.7 Å². The van der Waals surface area contributed by atoms with Gasteiger partial charge < -0.3 is 9.64 Å². The Bertz CT molecular complexity index is 359. The van der Waals surface area contributed by atoms with Crippen LogP contribution in [-0.2, 0) is 14.9 Å². The average molecular weight is 269 g/mol. The molecular weight excluding hydrogens is 254 g/mol. The van der Waals surface area contributed by atoms with Crippen LogP contribution in [-0.4, -0.2) is 50.9 Å². The zero-order chi connectivity index (χ0) is 12.3. The third kappa shape index (κ3) is 3.81. The van der Waals surface area contributed by atoms with Gasteiger partial charge in [0.15, 0.2) is 0 Å². The number of ether oxygens (including phenoxy) is 1. The molecule has 1 heterocycles. The number of hydrogen-bond acceptors (Lipinski definition) is 5. The van der Waals surface area contributed by atoms with E-state index in [1.54, 1.807) is 0 Å². The lowest BCUT2D eigenvalue weighted by atomic mass is 10.2. The van der Waals surface area contributed by atoms with E-state index in [2.05, 4.69) is 22.1 Å². The van der Waals surface area contributed by atoms with Gasteiger partial charge in [0.1, 0.15) is 0 Å². The predicted octanol–water partition coefficient (Wildman–Crippen LogP) is -1.08. The fourth-order valence-corrected chi connectivity index (χ4v) is 2.48. The Morgan fingerprint density at radius 2 is 2.31 bits per heavy atom. The maximum atomic E-state index is 11.4. The van der Waals surface area contributed by atoms with Crippen molar-refractivity contribution in [3.63, 3.8) is 0 Å². The highest BCUT2D eigenvalue weighted by atomic mass is 32.2. The molecule has 0 aliphatic carbocycles. The number of thiol groups is 1. The van der Waals surface area contributed by atoms with Crippen molar-refractivity contribution in [1.29, 1.82) is 0 Å². The normalized spacial score (nSPS) is 25.8. The smallest absolute Gasteiger partial charge is 0.409 e. The molecular formula is C7H15N3O4S2. The molecule has 9 heteroatoms. The van der Waals surface area contributed by atoms with E-state index in [1.807, 2.05) is 0 Å². The summed E-state index contributed by atoms with van der Waals surface area (Å²) in [5, 5.41) is 4.83. The molecule has 1 rings (SSSR count). The number of nitrogens with two attached hydrogens (primary N) is 1. The van der Waals surface area contributed by atoms with E-state index in [9.17, 15) is 13.2 Å². The van der Waals surface area contributed by atoms with Crippen molar-refractivity contribution >= 4 is 28.9 Å². The molecule has 0 saturated carbocycles. The number of nitrogens with one attached hydrogen (secondary N) is 1. The Kier molecular flexibility index (Phi) is 4.42. The molecule has 0 bridgehead atoms. The quantitative estimate of drug-likeness (QED) is 0.567. The highest BCUT2D eigenvalue weighted by Gasteiger charge is 2.34. The van der Waals surface area contributed by atoms with E-state index in [4.69, 9.17) is 5.14 Å². The summed E-state index contributed by atoms with van der Waals surface area (Å²) in [5.41, 5.74) is 0. The molecule has 1 saturated heterocycles. The third-order valence-corrected chi connectivity index (χ3v) is 3.26. The molecule has 7 nitrogen and oxygen atoms in total. The summed E-state index contributed by atoms with van der Waals surface area (Å²) in [5.74, 6) is 0. The van der Waals surface area contributed by atoms with Gasteiger partial charge in [-0.2, -0.15) is 21.0 Å². The summed E-state index contributed by atoms with van der Waals surface area (Å²) in [6.07, 6.45) is 0.110. The minimum absolute atomic E-state index is 0.0198. The number of nitrogens with zero attached hydrogens (tertiary/aromatic N) is 1. The monoisotopic (exact) mass is 269 g/mol. The molecule has 0 radical (unpaired) electrons. The second kappa shape index (κ2) is 5.21. The molecule has 0 aromatic carbocycles. The van der Waals surface area contributed by atoms with Crippen LogP contribution in [0.25, 0.3) is 0 Å². The molecule has 3 N–H and O–H groups in total. The Morgan fingerprint density at radius 1 is 1.69 bits per heavy atom. The number of rotatable bonds is 3. The van der Waals surface area contributed by atoms with Gasteiger partial charge in [-0.25, -0.2) is 14.7 Å². The molecule has 1 aliphatic rings. The summed E-state index contributed by atoms with van der Waals surface area (Å²) in [6, 6.07) is -0.270. The number of methoxy groups -OCH3 is 1. The topological polar surface area (TPSA) is 102 Å². The van der Waals surface area contributed by atoms with Gasteiger partial charge in [-0.1, -0.05) is 0 Å². The van der Waals surface area contributed by atoms with Crippen LogP contribution in [0.3, 0.4) is 0 Å². The van der Waals surface area contributed by atoms with Crippen molar-refractivity contribution in [2.75, 3.05) is 20.2 Å². The van der Waals surface area contributed by atoms with Gasteiger partial charge in [0.2, 0.25) is 0 Å². The van der Waals surface area contributed by atoms with E-state index in [0.717, 1.165) is 0 Å². The summed E-state index contributed by atoms with van der Waals surface area (Å²) >= 11 is 4.25. The lowest BCUT2D eigenvalue weighted by Crippen LogP contribution is -2.44. The van der Waals surface area contributed by atoms with Gasteiger partial charge in [-0.05, 0) is 6.42 Å². The minimum Gasteiger partial charge on any atom is -0.453 e. The van der Waals surface area contributed by atoms with Crippen LogP contribution >= 0.6 is 12.6 Å². The van der Waals surface area contributed by atoms with E-state index in [0.29, 0.717) is 13.0 Å². The summed E-state index contributed by atoms with van der Waals surface area (Å²) in [7, 11) is -2.46. The van der Waals surface area contributed by atoms with Crippen LogP contribution in [0.4, 0.5) is 4.79 Å². The summed E-state index contributed by atoms with van der Waals surface area (Å²) < 4.78 is 28.2. The van der Waals surface area contributed by atoms with Gasteiger partial charge in [0, 0.05) is 24.4 Å². The summed E-state index contributed by atoms with van der Waals surface area (Å²) in [4.78, 5) is 12.8. The minimum atomic E-state index is -3.74. The molecule has 1 aliphatic heterocycles. The second-order valence-corrected chi connectivity index (χ2v) is 5.67. The predicted molar refractivity (Wildman–Crippen MR) is 61.4 cm³/mol. The van der Waals surface area contributed by atoms with Crippen LogP contribution in [0, 0.1) is 0 Å². The molecule has 0 spiro atoms. The Labute approximate surface area is 99.9 Å². The van der Waals surface area contributed by atoms with Gasteiger partial charge in [0.05, 0.1) is 7.11 Å². The molecule has 1 fully saturated rings. The van der Waals surface area contributed by atoms with E-state index < -0.39 is 16.3 Å². The maximum Gasteiger partial charge on any atom is 0.409 e. The molecule has 94 valence electrons. The van der Waals surface area contributed by atoms with Crippen LogP contribution in [0.2, 0.25) is 0 Å². The van der Waals surface area contributed by atoms with E-state index in [-0.39, 0.29) is 17.8 Å². The van der Waals surface area contributed by atoms with Gasteiger partial charge >= 0.3 is 6.09 Å². The number of carbonyl (C=O) groups is 1. The molecule has 0 unspecified atom stereocenters. The van der Waals surface area contributed by atoms with Crippen LogP contribution in [0.1, 0.15) is 6.42 Å². The van der Waals surface area contributed by atoms with E-state index in [1.165, 1.54) is 12.0 Å². The summed E-state index contributed by atoms with van der Waals surface area (Å²) in [6.45, 7) is 0.512. The molecule has 16 heavy (non-hydrogen) atoms. The number of amides is 1. The van der Waals surface area contributed by atoms with Gasteiger partial charge in [0.25, 0.3) is 10.2 Å². The fourth-order valence-electron chi connectivity index (χ4n) is 1.64. The lowest BCUT2D eigenvalue weighted by molar-refractivity contribution is 0.119. The first-order valence-electron chi connectivity index (χ1n) is 4.63. The van der Waals surface area contributed by atoms with Crippen molar-refractivity contribution in [1.82, 2.24) is 9.62 Å². The molecule has 2 atom stereocenters. The molecule has 1 amide bonds. The fraction of sp³-hybridized carbons (Fsp3) is 0.857. The highest BCUT2D eigenvalue weighted by molar-refractivity contribution is 7.87. The SMILES string of the molecule is COC(=O)N1C[C@@H](S)C[C@H]1CNS(N)(=O)=O. The van der Waals surface area contributed by atoms with E-state index >= 15 is 0 Å². The van der Waals surface area contributed by atoms with Crippen molar-refractivity contribution in [3.05, 3.63) is 0 Å². The van der Waals surface area contributed by atoms with Crippen LogP contribution in [0.15, 0.2) is 0 Å². The number of carbonyl (C=O) groups excluding carboxylic acids is 1. The Hall–Kier alpha value is -0.510. The van der Waals surface area contributed by atoms with Gasteiger partial charge in [-0.3, -0.25) is 0 Å². The zero-order valence-corrected chi connectivity index (χ0v) is 10.5. The first-order valence-corrected chi connectivity index (χ1v) is 6.70. The Balaban J connectivity index is 2.60. The van der Waals surface area contributed by atoms with Crippen molar-refractivity contribution in [2.24, 2.45) is 5.14 Å². The lowest BCUT2D eigenvalue weighted by Gasteiger charge is -2.22.